The van der Waals surface area contributed by atoms with Gasteiger partial charge in [-0.05, 0) is 24.2 Å². The van der Waals surface area contributed by atoms with Gasteiger partial charge in [-0.25, -0.2) is 4.79 Å². The summed E-state index contributed by atoms with van der Waals surface area (Å²) >= 11 is 0. The molecule has 0 aromatic heterocycles. The highest BCUT2D eigenvalue weighted by atomic mass is 16.2. The van der Waals surface area contributed by atoms with Crippen LogP contribution < -0.4 is 10.6 Å². The molecule has 2 unspecified atom stereocenters. The smallest absolute Gasteiger partial charge is 0.322 e. The van der Waals surface area contributed by atoms with Gasteiger partial charge in [0.2, 0.25) is 0 Å². The molecule has 1 saturated heterocycles. The van der Waals surface area contributed by atoms with Crippen molar-refractivity contribution < 1.29 is 9.59 Å². The molecule has 0 aromatic rings. The third kappa shape index (κ3) is 3.90. The fourth-order valence-electron chi connectivity index (χ4n) is 2.16. The number of carbonyl (C=O) groups excluding carboxylic acids is 2. The van der Waals surface area contributed by atoms with Crippen LogP contribution >= 0.6 is 0 Å². The Hall–Kier alpha value is -1.06. The Kier molecular flexibility index (Phi) is 3.37. The monoisotopic (exact) mass is 212 g/mol. The maximum Gasteiger partial charge on any atom is 0.322 e. The lowest BCUT2D eigenvalue weighted by molar-refractivity contribution is -0.120. The van der Waals surface area contributed by atoms with Gasteiger partial charge < -0.3 is 5.32 Å². The maximum absolute atomic E-state index is 11.3. The van der Waals surface area contributed by atoms with E-state index in [9.17, 15) is 9.59 Å². The summed E-state index contributed by atoms with van der Waals surface area (Å²) in [5.41, 5.74) is 0.262. The first-order chi connectivity index (χ1) is 6.78. The quantitative estimate of drug-likeness (QED) is 0.699. The molecule has 1 aliphatic heterocycles. The van der Waals surface area contributed by atoms with Crippen molar-refractivity contribution in [3.05, 3.63) is 0 Å². The molecule has 86 valence electrons. The van der Waals surface area contributed by atoms with Gasteiger partial charge >= 0.3 is 6.03 Å². The Bertz CT molecular complexity index is 268. The molecule has 0 spiro atoms. The number of hydrogen-bond donors (Lipinski definition) is 2. The Morgan fingerprint density at radius 3 is 2.33 bits per heavy atom. The highest BCUT2D eigenvalue weighted by molar-refractivity contribution is 6.04. The molecule has 2 atom stereocenters. The summed E-state index contributed by atoms with van der Waals surface area (Å²) in [6.07, 6.45) is 1.77. The van der Waals surface area contributed by atoms with Crippen molar-refractivity contribution in [1.82, 2.24) is 10.6 Å². The first-order valence-corrected chi connectivity index (χ1v) is 5.39. The third-order valence-electron chi connectivity index (χ3n) is 2.46. The molecule has 3 amide bonds. The minimum absolute atomic E-state index is 0.194. The second-order valence-corrected chi connectivity index (χ2v) is 5.62. The van der Waals surface area contributed by atoms with Crippen LogP contribution in [0.1, 0.15) is 40.5 Å². The molecule has 0 aliphatic carbocycles. The van der Waals surface area contributed by atoms with Crippen LogP contribution in [-0.2, 0) is 4.79 Å². The van der Waals surface area contributed by atoms with Crippen molar-refractivity contribution >= 4 is 11.9 Å². The fourth-order valence-corrected chi connectivity index (χ4v) is 2.16. The van der Waals surface area contributed by atoms with Crippen molar-refractivity contribution in [2.24, 2.45) is 11.3 Å². The summed E-state index contributed by atoms with van der Waals surface area (Å²) in [5.74, 6) is 0.236. The van der Waals surface area contributed by atoms with Crippen molar-refractivity contribution in [2.75, 3.05) is 0 Å². The second kappa shape index (κ2) is 4.21. The maximum atomic E-state index is 11.3. The summed E-state index contributed by atoms with van der Waals surface area (Å²) in [7, 11) is 0. The molecule has 15 heavy (non-hydrogen) atoms. The van der Waals surface area contributed by atoms with E-state index in [0.717, 1.165) is 12.8 Å². The molecule has 4 nitrogen and oxygen atoms in total. The molecule has 1 rings (SSSR count). The van der Waals surface area contributed by atoms with Gasteiger partial charge in [0.1, 0.15) is 6.04 Å². The van der Waals surface area contributed by atoms with E-state index >= 15 is 0 Å². The van der Waals surface area contributed by atoms with E-state index in [1.807, 2.05) is 0 Å². The van der Waals surface area contributed by atoms with E-state index in [4.69, 9.17) is 0 Å². The van der Waals surface area contributed by atoms with Gasteiger partial charge in [0.25, 0.3) is 5.91 Å². The largest absolute Gasteiger partial charge is 0.326 e. The van der Waals surface area contributed by atoms with E-state index in [1.54, 1.807) is 0 Å². The van der Waals surface area contributed by atoms with Gasteiger partial charge in [-0.2, -0.15) is 0 Å². The highest BCUT2D eigenvalue weighted by Gasteiger charge is 2.31. The molecule has 1 heterocycles. The molecule has 1 aliphatic rings. The van der Waals surface area contributed by atoms with Crippen LogP contribution in [0, 0.1) is 11.3 Å². The Morgan fingerprint density at radius 1 is 1.33 bits per heavy atom. The molecular formula is C11H20N2O2. The number of carbonyl (C=O) groups is 2. The van der Waals surface area contributed by atoms with Gasteiger partial charge in [-0.15, -0.1) is 0 Å². The summed E-state index contributed by atoms with van der Waals surface area (Å²) in [4.78, 5) is 22.2. The molecule has 0 saturated carbocycles. The zero-order chi connectivity index (χ0) is 11.6. The number of urea groups is 1. The number of hydrogen-bond acceptors (Lipinski definition) is 2. The van der Waals surface area contributed by atoms with Crippen molar-refractivity contribution in [1.29, 1.82) is 0 Å². The summed E-state index contributed by atoms with van der Waals surface area (Å²) in [6, 6.07) is -0.706. The van der Waals surface area contributed by atoms with Crippen LogP contribution in [0.5, 0.6) is 0 Å². The van der Waals surface area contributed by atoms with Crippen molar-refractivity contribution in [2.45, 2.75) is 46.6 Å². The lowest BCUT2D eigenvalue weighted by Gasteiger charge is -2.24. The average Bonchev–Trinajstić information content (AvgIpc) is 2.25. The van der Waals surface area contributed by atoms with Crippen LogP contribution in [0.4, 0.5) is 4.79 Å². The first kappa shape index (κ1) is 12.0. The van der Waals surface area contributed by atoms with Crippen molar-refractivity contribution in [3.63, 3.8) is 0 Å². The molecular weight excluding hydrogens is 192 g/mol. The summed E-state index contributed by atoms with van der Waals surface area (Å²) < 4.78 is 0. The molecule has 0 radical (unpaired) electrons. The Balaban J connectivity index is 2.42. The number of amides is 3. The predicted molar refractivity (Wildman–Crippen MR) is 58.3 cm³/mol. The van der Waals surface area contributed by atoms with E-state index in [2.05, 4.69) is 38.3 Å². The average molecular weight is 212 g/mol. The zero-order valence-electron chi connectivity index (χ0n) is 9.89. The van der Waals surface area contributed by atoms with Gasteiger partial charge in [-0.1, -0.05) is 27.7 Å². The molecule has 1 fully saturated rings. The van der Waals surface area contributed by atoms with E-state index in [0.29, 0.717) is 5.92 Å². The normalized spacial score (nSPS) is 23.6. The third-order valence-corrected chi connectivity index (χ3v) is 2.46. The van der Waals surface area contributed by atoms with Crippen LogP contribution in [0.2, 0.25) is 0 Å². The fraction of sp³-hybridized carbons (Fsp3) is 0.818. The van der Waals surface area contributed by atoms with Gasteiger partial charge in [0.15, 0.2) is 0 Å². The second-order valence-electron chi connectivity index (χ2n) is 5.62. The number of imide groups is 1. The lowest BCUT2D eigenvalue weighted by atomic mass is 9.83. The molecule has 0 bridgehead atoms. The van der Waals surface area contributed by atoms with Crippen LogP contribution in [-0.4, -0.2) is 18.0 Å². The lowest BCUT2D eigenvalue weighted by Crippen LogP contribution is -2.31. The Labute approximate surface area is 90.8 Å². The number of rotatable bonds is 3. The van der Waals surface area contributed by atoms with E-state index in [-0.39, 0.29) is 23.4 Å². The minimum Gasteiger partial charge on any atom is -0.326 e. The first-order valence-electron chi connectivity index (χ1n) is 5.39. The zero-order valence-corrected chi connectivity index (χ0v) is 9.89. The SMILES string of the molecule is CC(CC1NC(=O)NC1=O)CC(C)(C)C. The summed E-state index contributed by atoms with van der Waals surface area (Å²) in [5, 5.41) is 4.87. The predicted octanol–water partition coefficient (Wildman–Crippen LogP) is 1.66. The minimum atomic E-state index is -0.368. The standard InChI is InChI=1S/C11H20N2O2/c1-7(6-11(2,3)4)5-8-9(14)13-10(15)12-8/h7-8H,5-6H2,1-4H3,(H2,12,13,14,15). The van der Waals surface area contributed by atoms with E-state index in [1.165, 1.54) is 0 Å². The summed E-state index contributed by atoms with van der Waals surface area (Å²) in [6.45, 7) is 8.65. The van der Waals surface area contributed by atoms with Crippen LogP contribution in [0.25, 0.3) is 0 Å². The van der Waals surface area contributed by atoms with E-state index < -0.39 is 0 Å². The highest BCUT2D eigenvalue weighted by Crippen LogP contribution is 2.26. The van der Waals surface area contributed by atoms with Crippen molar-refractivity contribution in [3.8, 4) is 0 Å². The topological polar surface area (TPSA) is 58.2 Å². The number of nitrogens with one attached hydrogen (secondary N) is 2. The Morgan fingerprint density at radius 2 is 1.93 bits per heavy atom. The molecule has 4 heteroatoms. The van der Waals surface area contributed by atoms with Crippen LogP contribution in [0.15, 0.2) is 0 Å². The van der Waals surface area contributed by atoms with Gasteiger partial charge in [0, 0.05) is 0 Å². The molecule has 0 aromatic carbocycles. The van der Waals surface area contributed by atoms with Crippen LogP contribution in [0.3, 0.4) is 0 Å². The van der Waals surface area contributed by atoms with Gasteiger partial charge in [0.05, 0.1) is 0 Å². The van der Waals surface area contributed by atoms with Gasteiger partial charge in [-0.3, -0.25) is 10.1 Å². The molecule has 2 N–H and O–H groups in total.